The van der Waals surface area contributed by atoms with E-state index in [1.165, 1.54) is 11.1 Å². The number of ether oxygens (including phenoxy) is 2. The van der Waals surface area contributed by atoms with Crippen LogP contribution in [0.15, 0.2) is 42.5 Å². The number of fused-ring (bicyclic) bond motifs is 1. The Bertz CT molecular complexity index is 782. The molecule has 4 rings (SSSR count). The molecule has 130 valence electrons. The Hall–Kier alpha value is -2.49. The molecule has 0 radical (unpaired) electrons. The number of rotatable bonds is 5. The number of benzene rings is 2. The SMILES string of the molecule is COc1cccc2c1OCC(Cc1ccccc1NC(=O)C1CC1)C2. The van der Waals surface area contributed by atoms with Gasteiger partial charge in [0, 0.05) is 17.5 Å². The van der Waals surface area contributed by atoms with Crippen molar-refractivity contribution >= 4 is 11.6 Å². The van der Waals surface area contributed by atoms with E-state index in [1.54, 1.807) is 7.11 Å². The minimum absolute atomic E-state index is 0.155. The van der Waals surface area contributed by atoms with Crippen molar-refractivity contribution in [3.8, 4) is 11.5 Å². The molecule has 1 atom stereocenters. The molecule has 1 unspecified atom stereocenters. The first kappa shape index (κ1) is 16.0. The molecular formula is C21H23NO3. The first-order valence-electron chi connectivity index (χ1n) is 8.92. The van der Waals surface area contributed by atoms with Gasteiger partial charge in [0.25, 0.3) is 0 Å². The number of hydrogen-bond acceptors (Lipinski definition) is 3. The molecule has 4 heteroatoms. The summed E-state index contributed by atoms with van der Waals surface area (Å²) in [5, 5.41) is 3.10. The van der Waals surface area contributed by atoms with Gasteiger partial charge in [0.15, 0.2) is 11.5 Å². The smallest absolute Gasteiger partial charge is 0.227 e. The summed E-state index contributed by atoms with van der Waals surface area (Å²) in [6, 6.07) is 14.1. The molecule has 1 N–H and O–H groups in total. The van der Waals surface area contributed by atoms with Crippen LogP contribution in [0.1, 0.15) is 24.0 Å². The molecule has 1 aliphatic heterocycles. The Morgan fingerprint density at radius 1 is 1.20 bits per heavy atom. The van der Waals surface area contributed by atoms with E-state index in [0.29, 0.717) is 12.5 Å². The van der Waals surface area contributed by atoms with Crippen LogP contribution in [0.4, 0.5) is 5.69 Å². The van der Waals surface area contributed by atoms with Crippen molar-refractivity contribution < 1.29 is 14.3 Å². The van der Waals surface area contributed by atoms with Gasteiger partial charge in [-0.3, -0.25) is 4.79 Å². The van der Waals surface area contributed by atoms with Crippen LogP contribution in [0.2, 0.25) is 0 Å². The van der Waals surface area contributed by atoms with E-state index < -0.39 is 0 Å². The Balaban J connectivity index is 1.48. The van der Waals surface area contributed by atoms with Gasteiger partial charge in [0.2, 0.25) is 5.91 Å². The second-order valence-corrected chi connectivity index (χ2v) is 6.95. The molecule has 2 aromatic rings. The number of methoxy groups -OCH3 is 1. The molecule has 2 aliphatic rings. The first-order chi connectivity index (χ1) is 12.2. The van der Waals surface area contributed by atoms with E-state index >= 15 is 0 Å². The van der Waals surface area contributed by atoms with Gasteiger partial charge in [-0.05, 0) is 48.9 Å². The van der Waals surface area contributed by atoms with Crippen molar-refractivity contribution in [3.63, 3.8) is 0 Å². The molecular weight excluding hydrogens is 314 g/mol. The van der Waals surface area contributed by atoms with Gasteiger partial charge in [0.1, 0.15) is 0 Å². The normalized spacial score (nSPS) is 18.8. The lowest BCUT2D eigenvalue weighted by Gasteiger charge is -2.27. The van der Waals surface area contributed by atoms with Gasteiger partial charge in [-0.15, -0.1) is 0 Å². The van der Waals surface area contributed by atoms with Crippen LogP contribution in [-0.4, -0.2) is 19.6 Å². The third-order valence-electron chi connectivity index (χ3n) is 4.98. The highest BCUT2D eigenvalue weighted by Crippen LogP contribution is 2.37. The molecule has 1 amide bonds. The topological polar surface area (TPSA) is 47.6 Å². The fraction of sp³-hybridized carbons (Fsp3) is 0.381. The van der Waals surface area contributed by atoms with Gasteiger partial charge in [-0.2, -0.15) is 0 Å². The lowest BCUT2D eigenvalue weighted by molar-refractivity contribution is -0.117. The quantitative estimate of drug-likeness (QED) is 0.902. The van der Waals surface area contributed by atoms with Crippen LogP contribution in [0, 0.1) is 11.8 Å². The average molecular weight is 337 g/mol. The van der Waals surface area contributed by atoms with E-state index in [2.05, 4.69) is 17.4 Å². The highest BCUT2D eigenvalue weighted by atomic mass is 16.5. The predicted octanol–water partition coefficient (Wildman–Crippen LogP) is 3.84. The van der Waals surface area contributed by atoms with Crippen LogP contribution in [-0.2, 0) is 17.6 Å². The molecule has 2 aromatic carbocycles. The molecule has 25 heavy (non-hydrogen) atoms. The standard InChI is InChI=1S/C21H23NO3/c1-24-19-8-4-6-17-12-14(13-25-20(17)19)11-16-5-2-3-7-18(16)22-21(23)15-9-10-15/h2-8,14-15H,9-13H2,1H3,(H,22,23). The third kappa shape index (κ3) is 3.48. The van der Waals surface area contributed by atoms with Crippen molar-refractivity contribution in [1.82, 2.24) is 0 Å². The highest BCUT2D eigenvalue weighted by molar-refractivity contribution is 5.94. The van der Waals surface area contributed by atoms with E-state index in [1.807, 2.05) is 30.3 Å². The number of anilines is 1. The maximum Gasteiger partial charge on any atom is 0.227 e. The summed E-state index contributed by atoms with van der Waals surface area (Å²) in [6.45, 7) is 0.665. The van der Waals surface area contributed by atoms with Crippen molar-refractivity contribution in [2.24, 2.45) is 11.8 Å². The Labute approximate surface area is 148 Å². The Morgan fingerprint density at radius 3 is 2.84 bits per heavy atom. The second-order valence-electron chi connectivity index (χ2n) is 6.95. The van der Waals surface area contributed by atoms with Crippen molar-refractivity contribution in [2.45, 2.75) is 25.7 Å². The minimum Gasteiger partial charge on any atom is -0.493 e. The average Bonchev–Trinajstić information content (AvgIpc) is 3.48. The van der Waals surface area contributed by atoms with E-state index in [4.69, 9.17) is 9.47 Å². The lowest BCUT2D eigenvalue weighted by Crippen LogP contribution is -2.24. The maximum absolute atomic E-state index is 12.1. The summed E-state index contributed by atoms with van der Waals surface area (Å²) < 4.78 is 11.4. The first-order valence-corrected chi connectivity index (χ1v) is 8.92. The molecule has 0 aromatic heterocycles. The van der Waals surface area contributed by atoms with Crippen LogP contribution < -0.4 is 14.8 Å². The molecule has 1 heterocycles. The highest BCUT2D eigenvalue weighted by Gasteiger charge is 2.30. The fourth-order valence-corrected chi connectivity index (χ4v) is 3.46. The van der Waals surface area contributed by atoms with Gasteiger partial charge in [0.05, 0.1) is 13.7 Å². The molecule has 1 aliphatic carbocycles. The summed E-state index contributed by atoms with van der Waals surface area (Å²) >= 11 is 0. The van der Waals surface area contributed by atoms with Crippen molar-refractivity contribution in [2.75, 3.05) is 19.0 Å². The maximum atomic E-state index is 12.1. The molecule has 1 saturated carbocycles. The van der Waals surface area contributed by atoms with Crippen molar-refractivity contribution in [1.29, 1.82) is 0 Å². The largest absolute Gasteiger partial charge is 0.493 e. The molecule has 0 spiro atoms. The van der Waals surface area contributed by atoms with Gasteiger partial charge in [-0.1, -0.05) is 30.3 Å². The monoisotopic (exact) mass is 337 g/mol. The molecule has 0 bridgehead atoms. The summed E-state index contributed by atoms with van der Waals surface area (Å²) in [5.74, 6) is 2.43. The zero-order valence-corrected chi connectivity index (χ0v) is 14.5. The predicted molar refractivity (Wildman–Crippen MR) is 97.2 cm³/mol. The summed E-state index contributed by atoms with van der Waals surface area (Å²) in [4.78, 5) is 12.1. The summed E-state index contributed by atoms with van der Waals surface area (Å²) in [6.07, 6.45) is 3.88. The van der Waals surface area contributed by atoms with Crippen molar-refractivity contribution in [3.05, 3.63) is 53.6 Å². The molecule has 1 fully saturated rings. The van der Waals surface area contributed by atoms with Crippen LogP contribution in [0.3, 0.4) is 0 Å². The zero-order valence-electron chi connectivity index (χ0n) is 14.5. The third-order valence-corrected chi connectivity index (χ3v) is 4.98. The number of amides is 1. The number of nitrogens with one attached hydrogen (secondary N) is 1. The Morgan fingerprint density at radius 2 is 2.04 bits per heavy atom. The second kappa shape index (κ2) is 6.79. The summed E-state index contributed by atoms with van der Waals surface area (Å²) in [5.41, 5.74) is 3.31. The number of para-hydroxylation sites is 2. The van der Waals surface area contributed by atoms with E-state index in [-0.39, 0.29) is 11.8 Å². The number of carbonyl (C=O) groups excluding carboxylic acids is 1. The van der Waals surface area contributed by atoms with Crippen LogP contribution in [0.25, 0.3) is 0 Å². The van der Waals surface area contributed by atoms with Crippen LogP contribution >= 0.6 is 0 Å². The zero-order chi connectivity index (χ0) is 17.2. The van der Waals surface area contributed by atoms with E-state index in [9.17, 15) is 4.79 Å². The fourth-order valence-electron chi connectivity index (χ4n) is 3.46. The van der Waals surface area contributed by atoms with Crippen LogP contribution in [0.5, 0.6) is 11.5 Å². The van der Waals surface area contributed by atoms with Gasteiger partial charge < -0.3 is 14.8 Å². The Kier molecular flexibility index (Phi) is 4.35. The summed E-state index contributed by atoms with van der Waals surface area (Å²) in [7, 11) is 1.67. The number of carbonyl (C=O) groups is 1. The number of hydrogen-bond donors (Lipinski definition) is 1. The van der Waals surface area contributed by atoms with Gasteiger partial charge >= 0.3 is 0 Å². The van der Waals surface area contributed by atoms with Gasteiger partial charge in [-0.25, -0.2) is 0 Å². The molecule has 4 nitrogen and oxygen atoms in total. The molecule has 0 saturated heterocycles. The lowest BCUT2D eigenvalue weighted by atomic mass is 9.90. The minimum atomic E-state index is 0.155. The van der Waals surface area contributed by atoms with E-state index in [0.717, 1.165) is 42.9 Å².